The normalized spacial score (nSPS) is 12.5. The molecular formula is C7H9N3O. The smallest absolute Gasteiger partial charge is 0.102 e. The van der Waals surface area contributed by atoms with Crippen molar-refractivity contribution in [3.05, 3.63) is 18.0 Å². The van der Waals surface area contributed by atoms with Crippen LogP contribution in [0.25, 0.3) is 0 Å². The minimum absolute atomic E-state index is 0.429. The number of rotatable bonds is 2. The van der Waals surface area contributed by atoms with E-state index in [0.717, 1.165) is 0 Å². The fourth-order valence-corrected chi connectivity index (χ4v) is 0.792. The van der Waals surface area contributed by atoms with E-state index in [1.165, 1.54) is 6.20 Å². The van der Waals surface area contributed by atoms with Gasteiger partial charge in [-0.1, -0.05) is 0 Å². The lowest BCUT2D eigenvalue weighted by Crippen LogP contribution is -2.11. The highest BCUT2D eigenvalue weighted by Gasteiger charge is 1.99. The van der Waals surface area contributed by atoms with Crippen LogP contribution in [0, 0.1) is 11.3 Å². The van der Waals surface area contributed by atoms with Gasteiger partial charge >= 0.3 is 0 Å². The summed E-state index contributed by atoms with van der Waals surface area (Å²) in [6, 6.07) is 1.96. The Morgan fingerprint density at radius 3 is 3.09 bits per heavy atom. The number of nitrogens with zero attached hydrogens (tertiary/aromatic N) is 3. The minimum atomic E-state index is -0.429. The Morgan fingerprint density at radius 2 is 2.64 bits per heavy atom. The lowest BCUT2D eigenvalue weighted by Gasteiger charge is -2.01. The van der Waals surface area contributed by atoms with Gasteiger partial charge in [-0.15, -0.1) is 0 Å². The standard InChI is InChI=1S/C7H9N3O/c1-6(11)4-10-5-7(2-8)3-9-10/h3,5-6,11H,4H2,1H3/t6-/m0/s1. The molecule has 11 heavy (non-hydrogen) atoms. The molecule has 4 nitrogen and oxygen atoms in total. The molecule has 0 bridgehead atoms. The van der Waals surface area contributed by atoms with Crippen molar-refractivity contribution in [1.29, 1.82) is 5.26 Å². The Hall–Kier alpha value is -1.34. The largest absolute Gasteiger partial charge is 0.391 e. The number of aliphatic hydroxyl groups is 1. The molecule has 0 aliphatic rings. The van der Waals surface area contributed by atoms with Gasteiger partial charge in [0.2, 0.25) is 0 Å². The first-order chi connectivity index (χ1) is 5.22. The Balaban J connectivity index is 2.67. The first-order valence-corrected chi connectivity index (χ1v) is 3.33. The van der Waals surface area contributed by atoms with Gasteiger partial charge in [-0.3, -0.25) is 4.68 Å². The molecule has 1 aromatic rings. The monoisotopic (exact) mass is 151 g/mol. The maximum absolute atomic E-state index is 8.94. The van der Waals surface area contributed by atoms with Gasteiger partial charge in [0.05, 0.1) is 24.4 Å². The number of nitriles is 1. The molecular weight excluding hydrogens is 142 g/mol. The Kier molecular flexibility index (Phi) is 2.24. The number of hydrogen-bond donors (Lipinski definition) is 1. The molecule has 4 heteroatoms. The van der Waals surface area contributed by atoms with Crippen molar-refractivity contribution in [2.75, 3.05) is 0 Å². The first kappa shape index (κ1) is 7.76. The summed E-state index contributed by atoms with van der Waals surface area (Å²) in [6.07, 6.45) is 2.65. The summed E-state index contributed by atoms with van der Waals surface area (Å²) in [7, 11) is 0. The number of aliphatic hydroxyl groups excluding tert-OH is 1. The third-order valence-corrected chi connectivity index (χ3v) is 1.21. The van der Waals surface area contributed by atoms with E-state index in [1.54, 1.807) is 17.8 Å². The lowest BCUT2D eigenvalue weighted by molar-refractivity contribution is 0.168. The Labute approximate surface area is 64.7 Å². The summed E-state index contributed by atoms with van der Waals surface area (Å²) >= 11 is 0. The van der Waals surface area contributed by atoms with Crippen LogP contribution in [0.1, 0.15) is 12.5 Å². The lowest BCUT2D eigenvalue weighted by atomic mass is 10.4. The fourth-order valence-electron chi connectivity index (χ4n) is 0.792. The Bertz CT molecular complexity index is 271. The van der Waals surface area contributed by atoms with E-state index in [0.29, 0.717) is 12.1 Å². The summed E-state index contributed by atoms with van der Waals surface area (Å²) < 4.78 is 1.54. The molecule has 0 aliphatic carbocycles. The molecule has 0 aromatic carbocycles. The van der Waals surface area contributed by atoms with E-state index in [-0.39, 0.29) is 0 Å². The second-order valence-electron chi connectivity index (χ2n) is 2.41. The molecule has 58 valence electrons. The summed E-state index contributed by atoms with van der Waals surface area (Å²) in [5.41, 5.74) is 0.519. The molecule has 0 fully saturated rings. The van der Waals surface area contributed by atoms with E-state index < -0.39 is 6.10 Å². The highest BCUT2D eigenvalue weighted by molar-refractivity contribution is 5.21. The van der Waals surface area contributed by atoms with E-state index in [1.807, 2.05) is 6.07 Å². The molecule has 1 heterocycles. The zero-order valence-corrected chi connectivity index (χ0v) is 6.23. The third-order valence-electron chi connectivity index (χ3n) is 1.21. The van der Waals surface area contributed by atoms with Crippen molar-refractivity contribution >= 4 is 0 Å². The average molecular weight is 151 g/mol. The quantitative estimate of drug-likeness (QED) is 0.653. The van der Waals surface area contributed by atoms with Crippen LogP contribution in [0.2, 0.25) is 0 Å². The number of hydrogen-bond acceptors (Lipinski definition) is 3. The van der Waals surface area contributed by atoms with Crippen molar-refractivity contribution in [3.8, 4) is 6.07 Å². The average Bonchev–Trinajstić information content (AvgIpc) is 2.34. The van der Waals surface area contributed by atoms with Gasteiger partial charge < -0.3 is 5.11 Å². The van der Waals surface area contributed by atoms with Crippen molar-refractivity contribution in [3.63, 3.8) is 0 Å². The van der Waals surface area contributed by atoms with Crippen LogP contribution in [0.4, 0.5) is 0 Å². The highest BCUT2D eigenvalue weighted by Crippen LogP contribution is 1.95. The maximum Gasteiger partial charge on any atom is 0.102 e. The second-order valence-corrected chi connectivity index (χ2v) is 2.41. The van der Waals surface area contributed by atoms with Crippen LogP contribution >= 0.6 is 0 Å². The summed E-state index contributed by atoms with van der Waals surface area (Å²) in [5, 5.41) is 21.2. The van der Waals surface area contributed by atoms with Gasteiger partial charge in [0, 0.05) is 6.20 Å². The summed E-state index contributed by atoms with van der Waals surface area (Å²) in [5.74, 6) is 0. The topological polar surface area (TPSA) is 61.8 Å². The van der Waals surface area contributed by atoms with Crippen LogP contribution in [0.3, 0.4) is 0 Å². The molecule has 0 radical (unpaired) electrons. The van der Waals surface area contributed by atoms with Gasteiger partial charge in [0.1, 0.15) is 6.07 Å². The first-order valence-electron chi connectivity index (χ1n) is 3.33. The van der Waals surface area contributed by atoms with Crippen LogP contribution in [-0.4, -0.2) is 21.0 Å². The van der Waals surface area contributed by atoms with E-state index in [4.69, 9.17) is 10.4 Å². The van der Waals surface area contributed by atoms with Gasteiger partial charge in [0.25, 0.3) is 0 Å². The molecule has 1 aromatic heterocycles. The SMILES string of the molecule is C[C@H](O)Cn1cc(C#N)cn1. The molecule has 1 N–H and O–H groups in total. The Morgan fingerprint density at radius 1 is 1.91 bits per heavy atom. The predicted octanol–water partition coefficient (Wildman–Crippen LogP) is 0.136. The molecule has 0 saturated heterocycles. The van der Waals surface area contributed by atoms with Gasteiger partial charge in [-0.25, -0.2) is 0 Å². The molecule has 0 unspecified atom stereocenters. The molecule has 0 amide bonds. The molecule has 0 saturated carbocycles. The summed E-state index contributed by atoms with van der Waals surface area (Å²) in [4.78, 5) is 0. The van der Waals surface area contributed by atoms with E-state index in [9.17, 15) is 0 Å². The van der Waals surface area contributed by atoms with Crippen LogP contribution < -0.4 is 0 Å². The van der Waals surface area contributed by atoms with E-state index >= 15 is 0 Å². The maximum atomic E-state index is 8.94. The van der Waals surface area contributed by atoms with E-state index in [2.05, 4.69) is 5.10 Å². The summed E-state index contributed by atoms with van der Waals surface area (Å²) in [6.45, 7) is 2.11. The van der Waals surface area contributed by atoms with Gasteiger partial charge in [-0.2, -0.15) is 10.4 Å². The van der Waals surface area contributed by atoms with Gasteiger partial charge in [-0.05, 0) is 6.92 Å². The van der Waals surface area contributed by atoms with Crippen LogP contribution in [0.15, 0.2) is 12.4 Å². The zero-order chi connectivity index (χ0) is 8.27. The van der Waals surface area contributed by atoms with Crippen molar-refractivity contribution in [2.45, 2.75) is 19.6 Å². The predicted molar refractivity (Wildman–Crippen MR) is 38.6 cm³/mol. The molecule has 1 atom stereocenters. The highest BCUT2D eigenvalue weighted by atomic mass is 16.3. The van der Waals surface area contributed by atoms with Crippen molar-refractivity contribution < 1.29 is 5.11 Å². The number of aromatic nitrogens is 2. The third kappa shape index (κ3) is 2.06. The van der Waals surface area contributed by atoms with Gasteiger partial charge in [0.15, 0.2) is 0 Å². The molecule has 0 spiro atoms. The minimum Gasteiger partial charge on any atom is -0.391 e. The molecule has 1 rings (SSSR count). The second kappa shape index (κ2) is 3.17. The fraction of sp³-hybridized carbons (Fsp3) is 0.429. The van der Waals surface area contributed by atoms with Crippen molar-refractivity contribution in [1.82, 2.24) is 9.78 Å². The van der Waals surface area contributed by atoms with Crippen LogP contribution in [-0.2, 0) is 6.54 Å². The van der Waals surface area contributed by atoms with Crippen LogP contribution in [0.5, 0.6) is 0 Å². The molecule has 0 aliphatic heterocycles. The van der Waals surface area contributed by atoms with Crippen molar-refractivity contribution in [2.24, 2.45) is 0 Å². The zero-order valence-electron chi connectivity index (χ0n) is 6.23.